The number of ether oxygens (including phenoxy) is 2. The lowest BCUT2D eigenvalue weighted by atomic mass is 10.0. The number of anilines is 1. The van der Waals surface area contributed by atoms with Crippen molar-refractivity contribution >= 4 is 46.6 Å². The molecular formula is C24H30Cl3N3O3. The molecule has 0 radical (unpaired) electrons. The van der Waals surface area contributed by atoms with E-state index in [0.717, 1.165) is 36.4 Å². The molecule has 180 valence electrons. The van der Waals surface area contributed by atoms with Crippen molar-refractivity contribution in [1.29, 1.82) is 0 Å². The van der Waals surface area contributed by atoms with Crippen LogP contribution in [0.2, 0.25) is 15.1 Å². The number of benzene rings is 2. The van der Waals surface area contributed by atoms with Crippen molar-refractivity contribution in [1.82, 2.24) is 9.80 Å². The fourth-order valence-corrected chi connectivity index (χ4v) is 4.25. The van der Waals surface area contributed by atoms with Gasteiger partial charge in [0.1, 0.15) is 11.4 Å². The molecule has 0 aromatic heterocycles. The first kappa shape index (κ1) is 25.8. The molecule has 2 aromatic carbocycles. The van der Waals surface area contributed by atoms with Gasteiger partial charge >= 0.3 is 6.09 Å². The fraction of sp³-hybridized carbons (Fsp3) is 0.458. The average Bonchev–Trinajstić information content (AvgIpc) is 2.75. The van der Waals surface area contributed by atoms with E-state index in [1.165, 1.54) is 0 Å². The number of nitrogens with zero attached hydrogens (tertiary/aromatic N) is 2. The van der Waals surface area contributed by atoms with E-state index in [4.69, 9.17) is 44.3 Å². The highest BCUT2D eigenvalue weighted by Gasteiger charge is 2.25. The Morgan fingerprint density at radius 3 is 2.30 bits per heavy atom. The topological polar surface area (TPSA) is 54.0 Å². The van der Waals surface area contributed by atoms with E-state index in [1.807, 2.05) is 26.8 Å². The van der Waals surface area contributed by atoms with Crippen LogP contribution in [0.4, 0.5) is 10.5 Å². The van der Waals surface area contributed by atoms with Crippen molar-refractivity contribution in [3.8, 4) is 16.9 Å². The molecule has 1 heterocycles. The molecule has 1 aliphatic heterocycles. The number of nitrogens with one attached hydrogen (secondary N) is 1. The van der Waals surface area contributed by atoms with Gasteiger partial charge in [-0.15, -0.1) is 0 Å². The van der Waals surface area contributed by atoms with E-state index in [9.17, 15) is 4.79 Å². The first-order chi connectivity index (χ1) is 15.6. The average molecular weight is 515 g/mol. The van der Waals surface area contributed by atoms with Crippen LogP contribution in [0.15, 0.2) is 30.3 Å². The molecule has 9 heteroatoms. The zero-order valence-corrected chi connectivity index (χ0v) is 21.7. The predicted octanol–water partition coefficient (Wildman–Crippen LogP) is 6.29. The second-order valence-corrected chi connectivity index (χ2v) is 10.1. The number of piperazine rings is 1. The predicted molar refractivity (Wildman–Crippen MR) is 136 cm³/mol. The summed E-state index contributed by atoms with van der Waals surface area (Å²) in [5.41, 5.74) is 1.88. The van der Waals surface area contributed by atoms with Crippen LogP contribution < -0.4 is 10.1 Å². The van der Waals surface area contributed by atoms with E-state index in [1.54, 1.807) is 36.3 Å². The summed E-state index contributed by atoms with van der Waals surface area (Å²) in [6, 6.07) is 9.00. The highest BCUT2D eigenvalue weighted by Crippen LogP contribution is 2.40. The molecule has 1 fully saturated rings. The number of carbonyl (C=O) groups is 1. The Labute approximate surface area is 210 Å². The van der Waals surface area contributed by atoms with Crippen molar-refractivity contribution in [3.63, 3.8) is 0 Å². The molecular weight excluding hydrogens is 485 g/mol. The van der Waals surface area contributed by atoms with Gasteiger partial charge in [0.05, 0.1) is 17.8 Å². The van der Waals surface area contributed by atoms with Gasteiger partial charge in [-0.3, -0.25) is 4.90 Å². The molecule has 0 bridgehead atoms. The third-order valence-electron chi connectivity index (χ3n) is 5.28. The summed E-state index contributed by atoms with van der Waals surface area (Å²) in [5, 5.41) is 5.12. The van der Waals surface area contributed by atoms with Gasteiger partial charge in [0.15, 0.2) is 0 Å². The van der Waals surface area contributed by atoms with Crippen LogP contribution in [0, 0.1) is 0 Å². The van der Waals surface area contributed by atoms with Crippen LogP contribution in [-0.2, 0) is 4.74 Å². The number of carbonyl (C=O) groups excluding carboxylic acids is 1. The van der Waals surface area contributed by atoms with Crippen LogP contribution in [0.5, 0.6) is 5.75 Å². The van der Waals surface area contributed by atoms with Gasteiger partial charge in [-0.1, -0.05) is 34.8 Å². The summed E-state index contributed by atoms with van der Waals surface area (Å²) < 4.78 is 11.0. The molecule has 1 amide bonds. The SMILES string of the molecule is COc1cc(Cl)c(-c2cc(Cl)ccc2Cl)cc1NCCN1CCN(C(=O)OC(C)(C)C)CC1. The van der Waals surface area contributed by atoms with Gasteiger partial charge in [0.25, 0.3) is 0 Å². The quantitative estimate of drug-likeness (QED) is 0.491. The minimum Gasteiger partial charge on any atom is -0.495 e. The number of hydrogen-bond donors (Lipinski definition) is 1. The number of halogens is 3. The third kappa shape index (κ3) is 7.06. The van der Waals surface area contributed by atoms with Crippen molar-refractivity contribution in [2.24, 2.45) is 0 Å². The second kappa shape index (κ2) is 11.0. The Kier molecular flexibility index (Phi) is 8.62. The van der Waals surface area contributed by atoms with Crippen LogP contribution >= 0.6 is 34.8 Å². The van der Waals surface area contributed by atoms with E-state index in [2.05, 4.69) is 10.2 Å². The van der Waals surface area contributed by atoms with Crippen LogP contribution in [0.1, 0.15) is 20.8 Å². The van der Waals surface area contributed by atoms with E-state index >= 15 is 0 Å². The Hall–Kier alpha value is -1.86. The molecule has 1 aliphatic rings. The Bertz CT molecular complexity index is 987. The Morgan fingerprint density at radius 1 is 1.00 bits per heavy atom. The monoisotopic (exact) mass is 513 g/mol. The van der Waals surface area contributed by atoms with Crippen molar-refractivity contribution < 1.29 is 14.3 Å². The van der Waals surface area contributed by atoms with Crippen LogP contribution in [-0.4, -0.2) is 67.9 Å². The lowest BCUT2D eigenvalue weighted by molar-refractivity contribution is 0.0148. The summed E-state index contributed by atoms with van der Waals surface area (Å²) in [6.45, 7) is 10.0. The van der Waals surface area contributed by atoms with Gasteiger partial charge in [0, 0.05) is 66.5 Å². The summed E-state index contributed by atoms with van der Waals surface area (Å²) >= 11 is 19.1. The maximum atomic E-state index is 12.2. The normalized spacial score (nSPS) is 14.8. The number of amides is 1. The largest absolute Gasteiger partial charge is 0.495 e. The maximum absolute atomic E-state index is 12.2. The molecule has 0 unspecified atom stereocenters. The minimum absolute atomic E-state index is 0.251. The van der Waals surface area contributed by atoms with Crippen LogP contribution in [0.3, 0.4) is 0 Å². The molecule has 2 aromatic rings. The van der Waals surface area contributed by atoms with Gasteiger partial charge < -0.3 is 19.7 Å². The zero-order chi connectivity index (χ0) is 24.2. The van der Waals surface area contributed by atoms with Crippen molar-refractivity contribution in [3.05, 3.63) is 45.4 Å². The summed E-state index contributed by atoms with van der Waals surface area (Å²) in [7, 11) is 1.61. The molecule has 0 saturated carbocycles. The van der Waals surface area contributed by atoms with E-state index in [0.29, 0.717) is 40.5 Å². The van der Waals surface area contributed by atoms with Crippen LogP contribution in [0.25, 0.3) is 11.1 Å². The fourth-order valence-electron chi connectivity index (χ4n) is 3.60. The van der Waals surface area contributed by atoms with E-state index in [-0.39, 0.29) is 6.09 Å². The zero-order valence-electron chi connectivity index (χ0n) is 19.4. The Balaban J connectivity index is 1.60. The molecule has 6 nitrogen and oxygen atoms in total. The number of hydrogen-bond acceptors (Lipinski definition) is 5. The highest BCUT2D eigenvalue weighted by atomic mass is 35.5. The third-order valence-corrected chi connectivity index (χ3v) is 6.15. The number of methoxy groups -OCH3 is 1. The smallest absolute Gasteiger partial charge is 0.410 e. The van der Waals surface area contributed by atoms with Crippen molar-refractivity contribution in [2.45, 2.75) is 26.4 Å². The lowest BCUT2D eigenvalue weighted by Gasteiger charge is -2.35. The lowest BCUT2D eigenvalue weighted by Crippen LogP contribution is -2.50. The molecule has 33 heavy (non-hydrogen) atoms. The molecule has 3 rings (SSSR count). The molecule has 0 spiro atoms. The first-order valence-electron chi connectivity index (χ1n) is 10.8. The Morgan fingerprint density at radius 2 is 1.67 bits per heavy atom. The highest BCUT2D eigenvalue weighted by molar-refractivity contribution is 6.37. The second-order valence-electron chi connectivity index (χ2n) is 8.89. The molecule has 0 atom stereocenters. The molecule has 1 N–H and O–H groups in total. The van der Waals surface area contributed by atoms with Gasteiger partial charge in [-0.25, -0.2) is 4.79 Å². The molecule has 1 saturated heterocycles. The summed E-state index contributed by atoms with van der Waals surface area (Å²) in [4.78, 5) is 16.3. The summed E-state index contributed by atoms with van der Waals surface area (Å²) in [6.07, 6.45) is -0.251. The van der Waals surface area contributed by atoms with Gasteiger partial charge in [0.2, 0.25) is 0 Å². The summed E-state index contributed by atoms with van der Waals surface area (Å²) in [5.74, 6) is 0.650. The number of rotatable bonds is 6. The molecule has 0 aliphatic carbocycles. The van der Waals surface area contributed by atoms with Gasteiger partial charge in [-0.05, 0) is 45.0 Å². The maximum Gasteiger partial charge on any atom is 0.410 e. The van der Waals surface area contributed by atoms with Crippen molar-refractivity contribution in [2.75, 3.05) is 51.7 Å². The van der Waals surface area contributed by atoms with E-state index < -0.39 is 5.60 Å². The standard InChI is InChI=1S/C24H30Cl3N3O3/c1-24(2,3)33-23(31)30-11-9-29(10-12-30)8-7-28-21-14-18(20(27)15-22(21)32-4)17-13-16(25)5-6-19(17)26/h5-6,13-15,28H,7-12H2,1-4H3. The first-order valence-corrected chi connectivity index (χ1v) is 12.0. The minimum atomic E-state index is -0.482. The van der Waals surface area contributed by atoms with Gasteiger partial charge in [-0.2, -0.15) is 0 Å².